The summed E-state index contributed by atoms with van der Waals surface area (Å²) < 4.78 is 19.2. The molecule has 0 aliphatic carbocycles. The molecule has 2 aliphatic heterocycles. The van der Waals surface area contributed by atoms with Gasteiger partial charge < -0.3 is 20.3 Å². The van der Waals surface area contributed by atoms with Crippen LogP contribution < -0.4 is 15.5 Å². The molecule has 3 rings (SSSR count). The molecule has 0 aromatic carbocycles. The van der Waals surface area contributed by atoms with Crippen molar-refractivity contribution in [2.24, 2.45) is 4.99 Å². The summed E-state index contributed by atoms with van der Waals surface area (Å²) in [7, 11) is 1.75. The minimum absolute atomic E-state index is 0.229. The number of anilines is 1. The summed E-state index contributed by atoms with van der Waals surface area (Å²) in [6.45, 7) is 8.04. The second-order valence-electron chi connectivity index (χ2n) is 7.43. The predicted octanol–water partition coefficient (Wildman–Crippen LogP) is 1.47. The molecule has 0 spiro atoms. The Labute approximate surface area is 167 Å². The van der Waals surface area contributed by atoms with Crippen molar-refractivity contribution < 1.29 is 9.13 Å². The van der Waals surface area contributed by atoms with Crippen LogP contribution in [0.4, 0.5) is 10.2 Å². The number of rotatable bonds is 8. The minimum Gasteiger partial charge on any atom is -0.383 e. The monoisotopic (exact) mass is 392 g/mol. The highest BCUT2D eigenvalue weighted by atomic mass is 19.1. The minimum atomic E-state index is -0.263. The fourth-order valence-corrected chi connectivity index (χ4v) is 4.00. The van der Waals surface area contributed by atoms with Crippen LogP contribution in [0.3, 0.4) is 0 Å². The molecule has 1 aromatic heterocycles. The molecule has 0 bridgehead atoms. The number of hydrogen-bond donors (Lipinski definition) is 2. The van der Waals surface area contributed by atoms with E-state index in [-0.39, 0.29) is 11.9 Å². The van der Waals surface area contributed by atoms with Crippen LogP contribution in [0.2, 0.25) is 0 Å². The van der Waals surface area contributed by atoms with Gasteiger partial charge in [-0.1, -0.05) is 0 Å². The van der Waals surface area contributed by atoms with Crippen LogP contribution in [0.1, 0.15) is 26.2 Å². The maximum atomic E-state index is 14.0. The zero-order valence-electron chi connectivity index (χ0n) is 17.0. The van der Waals surface area contributed by atoms with Crippen LogP contribution in [0, 0.1) is 5.82 Å². The molecule has 156 valence electrons. The van der Waals surface area contributed by atoms with Gasteiger partial charge in [-0.05, 0) is 44.9 Å². The lowest BCUT2D eigenvalue weighted by Crippen LogP contribution is -2.45. The molecule has 0 radical (unpaired) electrons. The quantitative estimate of drug-likeness (QED) is 0.516. The van der Waals surface area contributed by atoms with E-state index in [1.165, 1.54) is 18.9 Å². The first kappa shape index (κ1) is 20.8. The molecular weight excluding hydrogens is 359 g/mol. The van der Waals surface area contributed by atoms with Crippen LogP contribution in [-0.2, 0) is 4.74 Å². The van der Waals surface area contributed by atoms with E-state index in [4.69, 9.17) is 9.73 Å². The molecule has 2 N–H and O–H groups in total. The Morgan fingerprint density at radius 2 is 2.29 bits per heavy atom. The number of hydrogen-bond acceptors (Lipinski definition) is 5. The van der Waals surface area contributed by atoms with Crippen LogP contribution in [0.15, 0.2) is 23.3 Å². The van der Waals surface area contributed by atoms with Gasteiger partial charge in [-0.15, -0.1) is 0 Å². The van der Waals surface area contributed by atoms with E-state index in [1.807, 2.05) is 4.90 Å². The predicted molar refractivity (Wildman–Crippen MR) is 110 cm³/mol. The lowest BCUT2D eigenvalue weighted by molar-refractivity contribution is 0.142. The van der Waals surface area contributed by atoms with Gasteiger partial charge in [0.25, 0.3) is 0 Å². The Morgan fingerprint density at radius 3 is 3.07 bits per heavy atom. The molecule has 2 atom stereocenters. The average molecular weight is 393 g/mol. The van der Waals surface area contributed by atoms with Gasteiger partial charge in [0.05, 0.1) is 13.2 Å². The zero-order valence-corrected chi connectivity index (χ0v) is 17.0. The normalized spacial score (nSPS) is 23.4. The number of nitrogens with zero attached hydrogens (tertiary/aromatic N) is 4. The molecule has 0 saturated carbocycles. The Kier molecular flexibility index (Phi) is 7.85. The summed E-state index contributed by atoms with van der Waals surface area (Å²) >= 11 is 0. The van der Waals surface area contributed by atoms with Gasteiger partial charge in [0, 0.05) is 51.6 Å². The number of pyridine rings is 1. The van der Waals surface area contributed by atoms with Crippen molar-refractivity contribution in [1.82, 2.24) is 20.5 Å². The summed E-state index contributed by atoms with van der Waals surface area (Å²) in [5.41, 5.74) is 0. The van der Waals surface area contributed by atoms with E-state index >= 15 is 0 Å². The van der Waals surface area contributed by atoms with Crippen molar-refractivity contribution in [3.8, 4) is 0 Å². The number of guanidine groups is 1. The van der Waals surface area contributed by atoms with E-state index in [9.17, 15) is 4.39 Å². The van der Waals surface area contributed by atoms with Gasteiger partial charge in [0.2, 0.25) is 0 Å². The highest BCUT2D eigenvalue weighted by Crippen LogP contribution is 2.21. The van der Waals surface area contributed by atoms with Crippen molar-refractivity contribution >= 4 is 11.8 Å². The summed E-state index contributed by atoms with van der Waals surface area (Å²) in [6, 6.07) is 3.80. The lowest BCUT2D eigenvalue weighted by atomic mass is 10.2. The van der Waals surface area contributed by atoms with Gasteiger partial charge >= 0.3 is 0 Å². The molecule has 2 unspecified atom stereocenters. The van der Waals surface area contributed by atoms with Crippen molar-refractivity contribution in [2.75, 3.05) is 57.9 Å². The Hall–Kier alpha value is -1.93. The Bertz CT molecular complexity index is 643. The van der Waals surface area contributed by atoms with Gasteiger partial charge in [-0.3, -0.25) is 9.89 Å². The van der Waals surface area contributed by atoms with E-state index < -0.39 is 0 Å². The molecule has 2 saturated heterocycles. The van der Waals surface area contributed by atoms with E-state index in [0.29, 0.717) is 11.9 Å². The summed E-state index contributed by atoms with van der Waals surface area (Å²) in [5, 5.41) is 6.87. The van der Waals surface area contributed by atoms with Crippen LogP contribution in [0.25, 0.3) is 0 Å². The van der Waals surface area contributed by atoms with Crippen LogP contribution in [0.5, 0.6) is 0 Å². The molecule has 1 aromatic rings. The average Bonchev–Trinajstić information content (AvgIpc) is 3.34. The smallest absolute Gasteiger partial charge is 0.191 e. The van der Waals surface area contributed by atoms with Crippen LogP contribution in [-0.4, -0.2) is 80.9 Å². The van der Waals surface area contributed by atoms with E-state index in [1.54, 1.807) is 19.4 Å². The fourth-order valence-electron chi connectivity index (χ4n) is 4.00. The third-order valence-electron chi connectivity index (χ3n) is 5.45. The van der Waals surface area contributed by atoms with Crippen molar-refractivity contribution in [2.45, 2.75) is 38.3 Å². The highest BCUT2D eigenvalue weighted by Gasteiger charge is 2.27. The van der Waals surface area contributed by atoms with E-state index in [2.05, 4.69) is 27.4 Å². The number of methoxy groups -OCH3 is 1. The Morgan fingerprint density at radius 1 is 1.39 bits per heavy atom. The number of likely N-dealkylation sites (tertiary alicyclic amines) is 1. The maximum Gasteiger partial charge on any atom is 0.191 e. The van der Waals surface area contributed by atoms with Crippen molar-refractivity contribution in [3.63, 3.8) is 0 Å². The molecule has 28 heavy (non-hydrogen) atoms. The number of aliphatic imine (C=N–C) groups is 1. The fraction of sp³-hybridized carbons (Fsp3) is 0.700. The second-order valence-corrected chi connectivity index (χ2v) is 7.43. The number of ether oxygens (including phenoxy) is 1. The third kappa shape index (κ3) is 5.54. The van der Waals surface area contributed by atoms with Gasteiger partial charge in [0.15, 0.2) is 17.6 Å². The summed E-state index contributed by atoms with van der Waals surface area (Å²) in [5.74, 6) is 1.02. The molecule has 8 heteroatoms. The number of nitrogens with one attached hydrogen (secondary N) is 2. The molecule has 2 aliphatic rings. The standard InChI is InChI=1S/C20H33FN6O/c1-3-22-20(24-14-17-6-5-10-26(17)12-13-28-2)25-16-8-11-27(15-16)19-18(21)7-4-9-23-19/h4,7,9,16-17H,3,5-6,8,10-15H2,1-2H3,(H2,22,24,25). The van der Waals surface area contributed by atoms with Crippen molar-refractivity contribution in [3.05, 3.63) is 24.1 Å². The molecular formula is C20H33FN6O. The molecule has 0 amide bonds. The van der Waals surface area contributed by atoms with E-state index in [0.717, 1.165) is 58.3 Å². The highest BCUT2D eigenvalue weighted by molar-refractivity contribution is 5.80. The first-order valence-corrected chi connectivity index (χ1v) is 10.3. The van der Waals surface area contributed by atoms with Gasteiger partial charge in [0.1, 0.15) is 0 Å². The lowest BCUT2D eigenvalue weighted by Gasteiger charge is -2.24. The number of aromatic nitrogens is 1. The maximum absolute atomic E-state index is 14.0. The SMILES string of the molecule is CCNC(=NCC1CCCN1CCOC)NC1CCN(c2ncccc2F)C1. The summed E-state index contributed by atoms with van der Waals surface area (Å²) in [4.78, 5) is 13.5. The molecule has 7 nitrogen and oxygen atoms in total. The largest absolute Gasteiger partial charge is 0.383 e. The zero-order chi connectivity index (χ0) is 19.8. The second kappa shape index (κ2) is 10.6. The Balaban J connectivity index is 1.54. The van der Waals surface area contributed by atoms with Gasteiger partial charge in [-0.2, -0.15) is 0 Å². The summed E-state index contributed by atoms with van der Waals surface area (Å²) in [6.07, 6.45) is 4.98. The van der Waals surface area contributed by atoms with Crippen LogP contribution >= 0.6 is 0 Å². The molecule has 2 fully saturated rings. The number of halogens is 1. The first-order valence-electron chi connectivity index (χ1n) is 10.3. The first-order chi connectivity index (χ1) is 13.7. The van der Waals surface area contributed by atoms with Crippen molar-refractivity contribution in [1.29, 1.82) is 0 Å². The molecule has 3 heterocycles. The van der Waals surface area contributed by atoms with Gasteiger partial charge in [-0.25, -0.2) is 9.37 Å². The topological polar surface area (TPSA) is 65.0 Å². The third-order valence-corrected chi connectivity index (χ3v) is 5.45.